The molecule has 1 N–H and O–H groups in total. The lowest BCUT2D eigenvalue weighted by atomic mass is 10.0. The first-order valence-corrected chi connectivity index (χ1v) is 8.64. The Bertz CT molecular complexity index is 741. The van der Waals surface area contributed by atoms with Crippen LogP contribution in [0.25, 0.3) is 0 Å². The molecule has 0 heterocycles. The number of amides is 1. The Labute approximate surface area is 149 Å². The number of anilines is 1. The molecular weight excluding hydrogens is 322 g/mol. The average Bonchev–Trinajstić information content (AvgIpc) is 2.57. The van der Waals surface area contributed by atoms with Gasteiger partial charge in [-0.3, -0.25) is 4.79 Å². The number of rotatable bonds is 6. The lowest BCUT2D eigenvalue weighted by molar-refractivity contribution is -0.115. The van der Waals surface area contributed by atoms with Crippen molar-refractivity contribution in [3.8, 4) is 5.75 Å². The summed E-state index contributed by atoms with van der Waals surface area (Å²) >= 11 is 6.29. The first-order valence-electron chi connectivity index (χ1n) is 8.26. The van der Waals surface area contributed by atoms with E-state index in [1.54, 1.807) is 0 Å². The molecule has 2 rings (SSSR count). The summed E-state index contributed by atoms with van der Waals surface area (Å²) in [6.45, 7) is 8.35. The Hall–Kier alpha value is -2.00. The van der Waals surface area contributed by atoms with Gasteiger partial charge in [0.2, 0.25) is 5.91 Å². The highest BCUT2D eigenvalue weighted by molar-refractivity contribution is 6.32. The largest absolute Gasteiger partial charge is 0.487 e. The summed E-state index contributed by atoms with van der Waals surface area (Å²) in [7, 11) is 0. The van der Waals surface area contributed by atoms with E-state index >= 15 is 0 Å². The zero-order valence-electron chi connectivity index (χ0n) is 14.7. The number of ether oxygens (including phenoxy) is 1. The van der Waals surface area contributed by atoms with Crippen LogP contribution in [0.4, 0.5) is 5.69 Å². The predicted molar refractivity (Wildman–Crippen MR) is 100.0 cm³/mol. The van der Waals surface area contributed by atoms with Crippen LogP contribution in [0, 0.1) is 13.8 Å². The Kier molecular flexibility index (Phi) is 6.27. The van der Waals surface area contributed by atoms with Crippen LogP contribution in [0.5, 0.6) is 5.75 Å². The number of aryl methyl sites for hydroxylation is 3. The third-order valence-electron chi connectivity index (χ3n) is 4.17. The van der Waals surface area contributed by atoms with Crippen LogP contribution in [-0.2, 0) is 17.8 Å². The number of carbonyl (C=O) groups is 1. The number of nitrogens with one attached hydrogen (secondary N) is 1. The topological polar surface area (TPSA) is 38.3 Å². The molecule has 0 aliphatic carbocycles. The Morgan fingerprint density at radius 1 is 1.17 bits per heavy atom. The lowest BCUT2D eigenvalue weighted by Crippen LogP contribution is -2.13. The summed E-state index contributed by atoms with van der Waals surface area (Å²) < 4.78 is 5.97. The van der Waals surface area contributed by atoms with Crippen LogP contribution in [0.3, 0.4) is 0 Å². The highest BCUT2D eigenvalue weighted by Crippen LogP contribution is 2.30. The van der Waals surface area contributed by atoms with Gasteiger partial charge in [0.1, 0.15) is 12.4 Å². The Balaban J connectivity index is 2.28. The van der Waals surface area contributed by atoms with Gasteiger partial charge >= 0.3 is 0 Å². The average molecular weight is 346 g/mol. The molecule has 0 bridgehead atoms. The summed E-state index contributed by atoms with van der Waals surface area (Å²) in [5.74, 6) is 0.659. The molecule has 0 saturated heterocycles. The molecule has 2 aromatic rings. The number of halogens is 1. The number of carbonyl (C=O) groups excluding carboxylic acids is 1. The molecule has 128 valence electrons. The molecule has 0 unspecified atom stereocenters. The third kappa shape index (κ3) is 4.30. The Morgan fingerprint density at radius 3 is 2.54 bits per heavy atom. The molecule has 1 amide bonds. The highest BCUT2D eigenvalue weighted by atomic mass is 35.5. The predicted octanol–water partition coefficient (Wildman–Crippen LogP) is 5.45. The molecule has 0 atom stereocenters. The van der Waals surface area contributed by atoms with Crippen molar-refractivity contribution in [2.75, 3.05) is 5.32 Å². The summed E-state index contributed by atoms with van der Waals surface area (Å²) in [6, 6.07) is 9.79. The second-order valence-electron chi connectivity index (χ2n) is 5.85. The first-order chi connectivity index (χ1) is 11.5. The molecule has 3 nitrogen and oxygen atoms in total. The van der Waals surface area contributed by atoms with Crippen molar-refractivity contribution in [2.24, 2.45) is 0 Å². The van der Waals surface area contributed by atoms with Crippen LogP contribution in [-0.4, -0.2) is 5.91 Å². The zero-order valence-corrected chi connectivity index (χ0v) is 15.5. The molecular formula is C20H24ClNO2. The molecule has 24 heavy (non-hydrogen) atoms. The maximum Gasteiger partial charge on any atom is 0.224 e. The number of benzene rings is 2. The van der Waals surface area contributed by atoms with Crippen molar-refractivity contribution in [3.05, 3.63) is 57.6 Å². The van der Waals surface area contributed by atoms with E-state index in [0.717, 1.165) is 34.4 Å². The normalized spacial score (nSPS) is 10.5. The van der Waals surface area contributed by atoms with Gasteiger partial charge in [-0.15, -0.1) is 0 Å². The van der Waals surface area contributed by atoms with Crippen molar-refractivity contribution < 1.29 is 9.53 Å². The maximum atomic E-state index is 11.8. The van der Waals surface area contributed by atoms with Gasteiger partial charge in [-0.05, 0) is 55.2 Å². The van der Waals surface area contributed by atoms with E-state index in [9.17, 15) is 4.79 Å². The van der Waals surface area contributed by atoms with E-state index in [1.165, 1.54) is 0 Å². The zero-order chi connectivity index (χ0) is 17.7. The lowest BCUT2D eigenvalue weighted by Gasteiger charge is -2.17. The summed E-state index contributed by atoms with van der Waals surface area (Å²) in [6.07, 6.45) is 1.31. The SMILES string of the molecule is CCC(=O)Nc1cccc(CC)c1COc1cc(C)c(C)cc1Cl. The molecule has 0 spiro atoms. The fourth-order valence-corrected chi connectivity index (χ4v) is 2.78. The molecule has 2 aromatic carbocycles. The third-order valence-corrected chi connectivity index (χ3v) is 4.46. The summed E-state index contributed by atoms with van der Waals surface area (Å²) in [5.41, 5.74) is 5.23. The van der Waals surface area contributed by atoms with E-state index in [4.69, 9.17) is 16.3 Å². The van der Waals surface area contributed by atoms with Crippen molar-refractivity contribution in [1.82, 2.24) is 0 Å². The van der Waals surface area contributed by atoms with E-state index in [1.807, 2.05) is 45.0 Å². The minimum atomic E-state index is -0.00582. The van der Waals surface area contributed by atoms with Gasteiger partial charge < -0.3 is 10.1 Å². The fraction of sp³-hybridized carbons (Fsp3) is 0.350. The van der Waals surface area contributed by atoms with Crippen molar-refractivity contribution in [2.45, 2.75) is 47.1 Å². The molecule has 0 aliphatic heterocycles. The van der Waals surface area contributed by atoms with Gasteiger partial charge in [0.15, 0.2) is 0 Å². The van der Waals surface area contributed by atoms with Crippen LogP contribution in [0.1, 0.15) is 42.5 Å². The number of hydrogen-bond donors (Lipinski definition) is 1. The molecule has 4 heteroatoms. The summed E-state index contributed by atoms with van der Waals surface area (Å²) in [4.78, 5) is 11.8. The summed E-state index contributed by atoms with van der Waals surface area (Å²) in [5, 5.41) is 3.56. The van der Waals surface area contributed by atoms with Gasteiger partial charge in [0.05, 0.1) is 5.02 Å². The van der Waals surface area contributed by atoms with E-state index < -0.39 is 0 Å². The first kappa shape index (κ1) is 18.3. The second kappa shape index (κ2) is 8.20. The minimum absolute atomic E-state index is 0.00582. The molecule has 0 aromatic heterocycles. The van der Waals surface area contributed by atoms with Crippen molar-refractivity contribution in [3.63, 3.8) is 0 Å². The number of hydrogen-bond acceptors (Lipinski definition) is 2. The van der Waals surface area contributed by atoms with Crippen LogP contribution >= 0.6 is 11.6 Å². The maximum absolute atomic E-state index is 11.8. The van der Waals surface area contributed by atoms with Gasteiger partial charge in [0, 0.05) is 17.7 Å². The van der Waals surface area contributed by atoms with Gasteiger partial charge in [0.25, 0.3) is 0 Å². The molecule has 0 fully saturated rings. The molecule has 0 radical (unpaired) electrons. The van der Waals surface area contributed by atoms with Gasteiger partial charge in [-0.25, -0.2) is 0 Å². The minimum Gasteiger partial charge on any atom is -0.487 e. The van der Waals surface area contributed by atoms with Crippen molar-refractivity contribution >= 4 is 23.2 Å². The second-order valence-corrected chi connectivity index (χ2v) is 6.26. The monoisotopic (exact) mass is 345 g/mol. The van der Waals surface area contributed by atoms with Crippen LogP contribution < -0.4 is 10.1 Å². The smallest absolute Gasteiger partial charge is 0.224 e. The van der Waals surface area contributed by atoms with E-state index in [0.29, 0.717) is 23.8 Å². The van der Waals surface area contributed by atoms with Gasteiger partial charge in [-0.2, -0.15) is 0 Å². The van der Waals surface area contributed by atoms with Crippen LogP contribution in [0.2, 0.25) is 5.02 Å². The fourth-order valence-electron chi connectivity index (χ4n) is 2.51. The quantitative estimate of drug-likeness (QED) is 0.756. The van der Waals surface area contributed by atoms with Crippen LogP contribution in [0.15, 0.2) is 30.3 Å². The van der Waals surface area contributed by atoms with Crippen molar-refractivity contribution in [1.29, 1.82) is 0 Å². The molecule has 0 aliphatic rings. The standard InChI is InChI=1S/C20H24ClNO2/c1-5-15-8-7-9-18(22-20(23)6-2)16(15)12-24-19-11-14(4)13(3)10-17(19)21/h7-11H,5-6,12H2,1-4H3,(H,22,23). The van der Waals surface area contributed by atoms with E-state index in [-0.39, 0.29) is 5.91 Å². The van der Waals surface area contributed by atoms with Gasteiger partial charge in [-0.1, -0.05) is 37.6 Å². The highest BCUT2D eigenvalue weighted by Gasteiger charge is 2.12. The molecule has 0 saturated carbocycles. The van der Waals surface area contributed by atoms with E-state index in [2.05, 4.69) is 18.3 Å². The Morgan fingerprint density at radius 2 is 1.88 bits per heavy atom.